The number of benzene rings is 3. The third kappa shape index (κ3) is 3.82. The maximum Gasteiger partial charge on any atom is 0.325 e. The zero-order valence-corrected chi connectivity index (χ0v) is 16.0. The topological polar surface area (TPSA) is 40.6 Å². The molecule has 0 aliphatic carbocycles. The lowest BCUT2D eigenvalue weighted by Gasteiger charge is -2.13. The van der Waals surface area contributed by atoms with E-state index in [9.17, 15) is 4.39 Å². The van der Waals surface area contributed by atoms with Crippen molar-refractivity contribution in [1.82, 2.24) is 4.98 Å². The Morgan fingerprint density at radius 1 is 0.900 bits per heavy atom. The zero-order valence-electron chi connectivity index (χ0n) is 16.0. The summed E-state index contributed by atoms with van der Waals surface area (Å²) in [6.45, 7) is 0. The molecule has 5 rings (SSSR count). The second kappa shape index (κ2) is 7.87. The Kier molecular flexibility index (Phi) is 4.77. The number of hydrogen-bond donors (Lipinski definition) is 0. The minimum absolute atomic E-state index is 0.254. The fraction of sp³-hybridized carbons (Fsp3) is 0.0800. The number of aromatic nitrogens is 1. The van der Waals surface area contributed by atoms with E-state index >= 15 is 0 Å². The van der Waals surface area contributed by atoms with Crippen molar-refractivity contribution in [2.24, 2.45) is 0 Å². The van der Waals surface area contributed by atoms with Crippen molar-refractivity contribution in [3.05, 3.63) is 109 Å². The number of rotatable bonds is 5. The molecule has 1 aliphatic heterocycles. The summed E-state index contributed by atoms with van der Waals surface area (Å²) in [5, 5.41) is 1.81. The van der Waals surface area contributed by atoms with Crippen molar-refractivity contribution in [3.8, 4) is 17.1 Å². The van der Waals surface area contributed by atoms with Crippen LogP contribution in [0.1, 0.15) is 5.56 Å². The molecule has 0 N–H and O–H groups in total. The molecule has 0 saturated heterocycles. The first-order chi connectivity index (χ1) is 14.7. The summed E-state index contributed by atoms with van der Waals surface area (Å²) in [4.78, 5) is 4.65. The molecule has 0 amide bonds. The Labute approximate surface area is 173 Å². The fourth-order valence-corrected chi connectivity index (χ4v) is 3.37. The van der Waals surface area contributed by atoms with Crippen LogP contribution in [-0.2, 0) is 15.9 Å². The van der Waals surface area contributed by atoms with Crippen LogP contribution in [0.25, 0.3) is 22.0 Å². The van der Waals surface area contributed by atoms with Crippen LogP contribution in [0.2, 0.25) is 0 Å². The Hall–Kier alpha value is -3.86. The second-order valence-electron chi connectivity index (χ2n) is 6.95. The van der Waals surface area contributed by atoms with Crippen molar-refractivity contribution in [2.45, 2.75) is 12.7 Å². The van der Waals surface area contributed by atoms with Crippen molar-refractivity contribution in [1.29, 1.82) is 0 Å². The molecule has 0 fully saturated rings. The number of pyridine rings is 1. The van der Waals surface area contributed by atoms with E-state index in [-0.39, 0.29) is 11.8 Å². The number of fused-ring (bicyclic) bond motifs is 1. The maximum atomic E-state index is 13.3. The molecule has 0 bridgehead atoms. The van der Waals surface area contributed by atoms with Crippen LogP contribution in [-0.4, -0.2) is 11.3 Å². The molecule has 30 heavy (non-hydrogen) atoms. The van der Waals surface area contributed by atoms with Gasteiger partial charge < -0.3 is 14.2 Å². The molecule has 1 aromatic heterocycles. The summed E-state index contributed by atoms with van der Waals surface area (Å²) in [5.41, 5.74) is 2.59. The molecular weight excluding hydrogens is 381 g/mol. The van der Waals surface area contributed by atoms with E-state index in [2.05, 4.69) is 4.98 Å². The fourth-order valence-electron chi connectivity index (χ4n) is 3.37. The normalized spacial score (nSPS) is 15.4. The molecule has 1 atom stereocenters. The Bertz CT molecular complexity index is 1210. The minimum Gasteiger partial charge on any atom is -0.455 e. The van der Waals surface area contributed by atoms with Crippen molar-refractivity contribution < 1.29 is 18.6 Å². The molecule has 0 radical (unpaired) electrons. The number of ether oxygens (including phenoxy) is 3. The van der Waals surface area contributed by atoms with E-state index in [1.165, 1.54) is 18.4 Å². The molecule has 3 aromatic carbocycles. The van der Waals surface area contributed by atoms with Crippen LogP contribution in [0.4, 0.5) is 4.39 Å². The van der Waals surface area contributed by atoms with E-state index in [1.807, 2.05) is 60.7 Å². The van der Waals surface area contributed by atoms with Crippen LogP contribution in [0.5, 0.6) is 5.88 Å². The first-order valence-corrected chi connectivity index (χ1v) is 9.64. The quantitative estimate of drug-likeness (QED) is 0.423. The second-order valence-corrected chi connectivity index (χ2v) is 6.95. The molecule has 0 saturated carbocycles. The lowest BCUT2D eigenvalue weighted by atomic mass is 10.1. The van der Waals surface area contributed by atoms with Gasteiger partial charge in [-0.3, -0.25) is 0 Å². The van der Waals surface area contributed by atoms with Gasteiger partial charge in [0.05, 0.1) is 5.69 Å². The van der Waals surface area contributed by atoms with Gasteiger partial charge in [0.25, 0.3) is 0 Å². The molecule has 1 aliphatic rings. The minimum atomic E-state index is -0.450. The van der Waals surface area contributed by atoms with Gasteiger partial charge in [-0.2, -0.15) is 0 Å². The maximum absolute atomic E-state index is 13.3. The summed E-state index contributed by atoms with van der Waals surface area (Å²) in [6, 6.07) is 25.9. The van der Waals surface area contributed by atoms with Gasteiger partial charge in [0.1, 0.15) is 5.82 Å². The zero-order chi connectivity index (χ0) is 20.3. The van der Waals surface area contributed by atoms with Crippen LogP contribution in [0.3, 0.4) is 0 Å². The predicted molar refractivity (Wildman–Crippen MR) is 112 cm³/mol. The van der Waals surface area contributed by atoms with Gasteiger partial charge in [-0.15, -0.1) is 0 Å². The number of halogens is 1. The predicted octanol–water partition coefficient (Wildman–Crippen LogP) is 5.83. The van der Waals surface area contributed by atoms with E-state index in [0.29, 0.717) is 18.0 Å². The van der Waals surface area contributed by atoms with Gasteiger partial charge in [-0.05, 0) is 47.3 Å². The standard InChI is InChI=1S/C25H18FNO3/c26-20-12-10-18(11-13-20)22-15-19-8-4-5-9-21(19)25(27-22)30-24-16-28-23(29-24)14-17-6-2-1-3-7-17/h1-13,15-16,23H,14H2. The van der Waals surface area contributed by atoms with Crippen molar-refractivity contribution in [3.63, 3.8) is 0 Å². The van der Waals surface area contributed by atoms with E-state index < -0.39 is 6.29 Å². The van der Waals surface area contributed by atoms with Gasteiger partial charge in [0, 0.05) is 17.4 Å². The van der Waals surface area contributed by atoms with Gasteiger partial charge in [0.2, 0.25) is 12.2 Å². The molecule has 4 nitrogen and oxygen atoms in total. The molecule has 5 heteroatoms. The highest BCUT2D eigenvalue weighted by Gasteiger charge is 2.23. The average Bonchev–Trinajstić information content (AvgIpc) is 3.21. The monoisotopic (exact) mass is 399 g/mol. The third-order valence-corrected chi connectivity index (χ3v) is 4.85. The van der Waals surface area contributed by atoms with Crippen molar-refractivity contribution in [2.75, 3.05) is 0 Å². The highest BCUT2D eigenvalue weighted by Crippen LogP contribution is 2.31. The van der Waals surface area contributed by atoms with Crippen LogP contribution in [0, 0.1) is 5.82 Å². The highest BCUT2D eigenvalue weighted by molar-refractivity contribution is 5.90. The van der Waals surface area contributed by atoms with Crippen LogP contribution in [0.15, 0.2) is 97.1 Å². The molecule has 4 aromatic rings. The first kappa shape index (κ1) is 18.2. The molecule has 2 heterocycles. The average molecular weight is 399 g/mol. The summed E-state index contributed by atoms with van der Waals surface area (Å²) < 4.78 is 30.7. The highest BCUT2D eigenvalue weighted by atomic mass is 19.1. The lowest BCUT2D eigenvalue weighted by molar-refractivity contribution is -0.0522. The van der Waals surface area contributed by atoms with Gasteiger partial charge in [-0.1, -0.05) is 48.5 Å². The van der Waals surface area contributed by atoms with E-state index in [0.717, 1.165) is 21.9 Å². The first-order valence-electron chi connectivity index (χ1n) is 9.64. The lowest BCUT2D eigenvalue weighted by Crippen LogP contribution is -2.13. The van der Waals surface area contributed by atoms with E-state index in [1.54, 1.807) is 12.1 Å². The molecular formula is C25H18FNO3. The van der Waals surface area contributed by atoms with Gasteiger partial charge >= 0.3 is 5.95 Å². The van der Waals surface area contributed by atoms with E-state index in [4.69, 9.17) is 14.2 Å². The Morgan fingerprint density at radius 2 is 1.67 bits per heavy atom. The largest absolute Gasteiger partial charge is 0.455 e. The molecule has 148 valence electrons. The number of hydrogen-bond acceptors (Lipinski definition) is 4. The van der Waals surface area contributed by atoms with Crippen LogP contribution < -0.4 is 4.74 Å². The summed E-state index contributed by atoms with van der Waals surface area (Å²) in [6.07, 6.45) is 1.62. The number of nitrogens with zero attached hydrogens (tertiary/aromatic N) is 1. The van der Waals surface area contributed by atoms with Gasteiger partial charge in [-0.25, -0.2) is 9.37 Å². The molecule has 0 spiro atoms. The Morgan fingerprint density at radius 3 is 2.50 bits per heavy atom. The van der Waals surface area contributed by atoms with Crippen LogP contribution >= 0.6 is 0 Å². The summed E-state index contributed by atoms with van der Waals surface area (Å²) in [7, 11) is 0. The Balaban J connectivity index is 1.40. The van der Waals surface area contributed by atoms with Crippen molar-refractivity contribution >= 4 is 10.8 Å². The third-order valence-electron chi connectivity index (χ3n) is 4.85. The smallest absolute Gasteiger partial charge is 0.325 e. The SMILES string of the molecule is Fc1ccc(-c2cc3ccccc3c(OC3=COC(Cc4ccccc4)O3)n2)cc1. The van der Waals surface area contributed by atoms with Gasteiger partial charge in [0.15, 0.2) is 6.26 Å². The summed E-state index contributed by atoms with van der Waals surface area (Å²) >= 11 is 0. The molecule has 1 unspecified atom stereocenters. The summed E-state index contributed by atoms with van der Waals surface area (Å²) in [5.74, 6) is 0.370.